The van der Waals surface area contributed by atoms with Gasteiger partial charge in [-0.2, -0.15) is 8.78 Å². The molecule has 2 aromatic rings. The van der Waals surface area contributed by atoms with Crippen molar-refractivity contribution in [3.63, 3.8) is 0 Å². The van der Waals surface area contributed by atoms with E-state index in [1.165, 1.54) is 24.3 Å². The van der Waals surface area contributed by atoms with Gasteiger partial charge in [0.25, 0.3) is 5.91 Å². The number of carbonyl (C=O) groups is 1. The van der Waals surface area contributed by atoms with Crippen LogP contribution in [-0.4, -0.2) is 12.5 Å². The van der Waals surface area contributed by atoms with Crippen LogP contribution >= 0.6 is 27.5 Å². The number of ether oxygens (including phenoxy) is 1. The highest BCUT2D eigenvalue weighted by molar-refractivity contribution is 9.10. The van der Waals surface area contributed by atoms with E-state index >= 15 is 0 Å². The largest absolute Gasteiger partial charge is 0.435 e. The molecule has 0 bridgehead atoms. The fraction of sp³-hybridized carbons (Fsp3) is 0.0714. The summed E-state index contributed by atoms with van der Waals surface area (Å²) in [5.41, 5.74) is 0.674. The Morgan fingerprint density at radius 1 is 1.24 bits per heavy atom. The highest BCUT2D eigenvalue weighted by atomic mass is 79.9. The summed E-state index contributed by atoms with van der Waals surface area (Å²) in [5, 5.41) is 3.00. The van der Waals surface area contributed by atoms with Crippen LogP contribution in [0.3, 0.4) is 0 Å². The van der Waals surface area contributed by atoms with E-state index in [1.807, 2.05) is 0 Å². The fourth-order valence-electron chi connectivity index (χ4n) is 1.62. The Labute approximate surface area is 133 Å². The number of hydrogen-bond donors (Lipinski definition) is 1. The second kappa shape index (κ2) is 6.87. The second-order valence-electron chi connectivity index (χ2n) is 3.98. The number of halogens is 4. The number of amides is 1. The van der Waals surface area contributed by atoms with Gasteiger partial charge in [-0.15, -0.1) is 0 Å². The first-order valence-corrected chi connectivity index (χ1v) is 6.94. The van der Waals surface area contributed by atoms with Gasteiger partial charge in [0.15, 0.2) is 0 Å². The first-order valence-electron chi connectivity index (χ1n) is 5.77. The monoisotopic (exact) mass is 375 g/mol. The molecule has 0 saturated carbocycles. The summed E-state index contributed by atoms with van der Waals surface area (Å²) in [5.74, 6) is -0.452. The van der Waals surface area contributed by atoms with Crippen LogP contribution < -0.4 is 10.1 Å². The second-order valence-corrected chi connectivity index (χ2v) is 5.28. The third-order valence-corrected chi connectivity index (χ3v) is 3.42. The third kappa shape index (κ3) is 4.41. The summed E-state index contributed by atoms with van der Waals surface area (Å²) in [7, 11) is 0. The maximum Gasteiger partial charge on any atom is 0.387 e. The maximum absolute atomic E-state index is 12.1. The predicted molar refractivity (Wildman–Crippen MR) is 80.2 cm³/mol. The average molecular weight is 377 g/mol. The zero-order chi connectivity index (χ0) is 15.4. The molecule has 110 valence electrons. The molecule has 2 aromatic carbocycles. The molecule has 2 rings (SSSR count). The molecule has 0 aliphatic heterocycles. The van der Waals surface area contributed by atoms with Gasteiger partial charge >= 0.3 is 6.61 Å². The average Bonchev–Trinajstić information content (AvgIpc) is 2.41. The van der Waals surface area contributed by atoms with E-state index in [4.69, 9.17) is 11.6 Å². The van der Waals surface area contributed by atoms with Crippen molar-refractivity contribution in [2.75, 3.05) is 5.32 Å². The van der Waals surface area contributed by atoms with Crippen LogP contribution in [0.2, 0.25) is 5.02 Å². The van der Waals surface area contributed by atoms with E-state index in [2.05, 4.69) is 26.0 Å². The fourth-order valence-corrected chi connectivity index (χ4v) is 2.22. The molecule has 0 spiro atoms. The number of anilines is 1. The number of alkyl halides is 2. The molecule has 0 unspecified atom stereocenters. The highest BCUT2D eigenvalue weighted by Gasteiger charge is 2.12. The molecule has 0 heterocycles. The van der Waals surface area contributed by atoms with E-state index in [-0.39, 0.29) is 5.75 Å². The SMILES string of the molecule is O=C(Nc1cccc(OC(F)F)c1)c1cc(Cl)ccc1Br. The quantitative estimate of drug-likeness (QED) is 0.819. The number of carbonyl (C=O) groups excluding carboxylic acids is 1. The van der Waals surface area contributed by atoms with Crippen LogP contribution in [0.4, 0.5) is 14.5 Å². The van der Waals surface area contributed by atoms with Crippen molar-refractivity contribution >= 4 is 39.1 Å². The highest BCUT2D eigenvalue weighted by Crippen LogP contribution is 2.24. The van der Waals surface area contributed by atoms with E-state index in [1.54, 1.807) is 18.2 Å². The molecular formula is C14H9BrClF2NO2. The smallest absolute Gasteiger partial charge is 0.387 e. The van der Waals surface area contributed by atoms with Gasteiger partial charge in [0.1, 0.15) is 5.75 Å². The van der Waals surface area contributed by atoms with E-state index in [0.29, 0.717) is 20.7 Å². The van der Waals surface area contributed by atoms with Gasteiger partial charge in [-0.3, -0.25) is 4.79 Å². The lowest BCUT2D eigenvalue weighted by molar-refractivity contribution is -0.0497. The molecule has 0 saturated heterocycles. The number of benzene rings is 2. The van der Waals surface area contributed by atoms with E-state index in [0.717, 1.165) is 0 Å². The molecule has 0 aliphatic rings. The van der Waals surface area contributed by atoms with Gasteiger partial charge in [-0.1, -0.05) is 17.7 Å². The van der Waals surface area contributed by atoms with Gasteiger partial charge < -0.3 is 10.1 Å². The van der Waals surface area contributed by atoms with Crippen molar-refractivity contribution in [3.8, 4) is 5.75 Å². The van der Waals surface area contributed by atoms with Gasteiger partial charge in [0.2, 0.25) is 0 Å². The maximum atomic E-state index is 12.1. The number of nitrogens with one attached hydrogen (secondary N) is 1. The lowest BCUT2D eigenvalue weighted by Crippen LogP contribution is -2.12. The topological polar surface area (TPSA) is 38.3 Å². The van der Waals surface area contributed by atoms with Crippen LogP contribution in [0.5, 0.6) is 5.75 Å². The number of rotatable bonds is 4. The molecule has 1 N–H and O–H groups in total. The van der Waals surface area contributed by atoms with Crippen molar-refractivity contribution in [1.29, 1.82) is 0 Å². The lowest BCUT2D eigenvalue weighted by Gasteiger charge is -2.09. The van der Waals surface area contributed by atoms with Crippen molar-refractivity contribution in [3.05, 3.63) is 57.5 Å². The molecule has 0 aliphatic carbocycles. The van der Waals surface area contributed by atoms with E-state index < -0.39 is 12.5 Å². The van der Waals surface area contributed by atoms with Crippen LogP contribution in [0.25, 0.3) is 0 Å². The summed E-state index contributed by atoms with van der Waals surface area (Å²) in [4.78, 5) is 12.1. The van der Waals surface area contributed by atoms with Gasteiger partial charge in [0, 0.05) is 21.2 Å². The molecule has 0 radical (unpaired) electrons. The van der Waals surface area contributed by atoms with E-state index in [9.17, 15) is 13.6 Å². The summed E-state index contributed by atoms with van der Waals surface area (Å²) < 4.78 is 29.1. The Kier molecular flexibility index (Phi) is 5.14. The van der Waals surface area contributed by atoms with Crippen molar-refractivity contribution in [2.24, 2.45) is 0 Å². The van der Waals surface area contributed by atoms with Crippen molar-refractivity contribution in [1.82, 2.24) is 0 Å². The van der Waals surface area contributed by atoms with Crippen LogP contribution in [0.1, 0.15) is 10.4 Å². The lowest BCUT2D eigenvalue weighted by atomic mass is 10.2. The summed E-state index contributed by atoms with van der Waals surface area (Å²) in [6, 6.07) is 10.5. The Balaban J connectivity index is 2.17. The summed E-state index contributed by atoms with van der Waals surface area (Å²) >= 11 is 9.09. The third-order valence-electron chi connectivity index (χ3n) is 2.49. The van der Waals surface area contributed by atoms with Crippen molar-refractivity contribution in [2.45, 2.75) is 6.61 Å². The molecule has 21 heavy (non-hydrogen) atoms. The molecule has 1 amide bonds. The molecule has 0 aromatic heterocycles. The van der Waals surface area contributed by atoms with Crippen LogP contribution in [-0.2, 0) is 0 Å². The number of hydrogen-bond acceptors (Lipinski definition) is 2. The minimum Gasteiger partial charge on any atom is -0.435 e. The Morgan fingerprint density at radius 3 is 2.71 bits per heavy atom. The summed E-state index contributed by atoms with van der Waals surface area (Å²) in [6.45, 7) is -2.92. The van der Waals surface area contributed by atoms with Crippen molar-refractivity contribution < 1.29 is 18.3 Å². The molecular weight excluding hydrogens is 368 g/mol. The normalized spacial score (nSPS) is 10.5. The Bertz CT molecular complexity index is 667. The van der Waals surface area contributed by atoms with Gasteiger partial charge in [-0.05, 0) is 46.3 Å². The first kappa shape index (κ1) is 15.7. The molecule has 0 atom stereocenters. The zero-order valence-electron chi connectivity index (χ0n) is 10.4. The minimum atomic E-state index is -2.92. The van der Waals surface area contributed by atoms with Crippen LogP contribution in [0.15, 0.2) is 46.9 Å². The molecule has 7 heteroatoms. The van der Waals surface area contributed by atoms with Gasteiger partial charge in [-0.25, -0.2) is 0 Å². The zero-order valence-corrected chi connectivity index (χ0v) is 12.8. The summed E-state index contributed by atoms with van der Waals surface area (Å²) in [6.07, 6.45) is 0. The van der Waals surface area contributed by atoms with Gasteiger partial charge in [0.05, 0.1) is 5.56 Å². The standard InChI is InChI=1S/C14H9BrClF2NO2/c15-12-5-4-8(16)6-11(12)13(20)19-9-2-1-3-10(7-9)21-14(17)18/h1-7,14H,(H,19,20). The predicted octanol–water partition coefficient (Wildman–Crippen LogP) is 4.96. The molecule has 0 fully saturated rings. The van der Waals surface area contributed by atoms with Crippen LogP contribution in [0, 0.1) is 0 Å². The Hall–Kier alpha value is -1.66. The minimum absolute atomic E-state index is 0.0343. The Morgan fingerprint density at radius 2 is 2.00 bits per heavy atom. The molecule has 3 nitrogen and oxygen atoms in total. The first-order chi connectivity index (χ1) is 9.95.